The lowest BCUT2D eigenvalue weighted by atomic mass is 10.2. The van der Waals surface area contributed by atoms with E-state index in [1.807, 2.05) is 6.92 Å². The van der Waals surface area contributed by atoms with Gasteiger partial charge in [-0.1, -0.05) is 0 Å². The zero-order valence-electron chi connectivity index (χ0n) is 16.0. The van der Waals surface area contributed by atoms with Crippen LogP contribution in [-0.2, 0) is 29.1 Å². The van der Waals surface area contributed by atoms with Crippen LogP contribution in [0, 0.1) is 5.92 Å². The van der Waals surface area contributed by atoms with E-state index in [0.717, 1.165) is 12.8 Å². The van der Waals surface area contributed by atoms with Crippen LogP contribution in [0.2, 0.25) is 0 Å². The first kappa shape index (κ1) is 21.8. The van der Waals surface area contributed by atoms with Gasteiger partial charge in [0.2, 0.25) is 15.9 Å². The van der Waals surface area contributed by atoms with E-state index in [2.05, 4.69) is 15.4 Å². The Morgan fingerprint density at radius 2 is 1.75 bits per heavy atom. The highest BCUT2D eigenvalue weighted by Gasteiger charge is 2.29. The van der Waals surface area contributed by atoms with Crippen molar-refractivity contribution in [3.05, 3.63) is 24.3 Å². The molecular weight excluding hydrogens is 386 g/mol. The summed E-state index contributed by atoms with van der Waals surface area (Å²) in [5.74, 6) is -1.08. The Bertz CT molecular complexity index is 833. The third-order valence-electron chi connectivity index (χ3n) is 4.23. The molecule has 2 amide bonds. The van der Waals surface area contributed by atoms with Crippen LogP contribution in [0.25, 0.3) is 0 Å². The number of nitrogens with one attached hydrogen (secondary N) is 3. The van der Waals surface area contributed by atoms with E-state index in [1.165, 1.54) is 38.1 Å². The maximum Gasteiger partial charge on any atom is 0.324 e. The van der Waals surface area contributed by atoms with E-state index in [-0.39, 0.29) is 16.8 Å². The summed E-state index contributed by atoms with van der Waals surface area (Å²) < 4.78 is 31.8. The highest BCUT2D eigenvalue weighted by atomic mass is 32.2. The van der Waals surface area contributed by atoms with Crippen molar-refractivity contribution in [1.29, 1.82) is 0 Å². The van der Waals surface area contributed by atoms with Gasteiger partial charge in [-0.05, 0) is 56.9 Å². The lowest BCUT2D eigenvalue weighted by Crippen LogP contribution is -2.42. The number of ether oxygens (including phenoxy) is 1. The van der Waals surface area contributed by atoms with Gasteiger partial charge in [-0.15, -0.1) is 0 Å². The molecular formula is C18H25N3O6S. The topological polar surface area (TPSA) is 131 Å². The number of hydrogen-bond donors (Lipinski definition) is 3. The van der Waals surface area contributed by atoms with E-state index in [9.17, 15) is 22.8 Å². The van der Waals surface area contributed by atoms with Gasteiger partial charge in [0, 0.05) is 18.7 Å². The summed E-state index contributed by atoms with van der Waals surface area (Å²) in [5.41, 5.74) is 0.449. The molecule has 2 atom stereocenters. The van der Waals surface area contributed by atoms with Gasteiger partial charge in [-0.2, -0.15) is 4.72 Å². The number of esters is 1. The maximum absolute atomic E-state index is 12.4. The third kappa shape index (κ3) is 6.61. The van der Waals surface area contributed by atoms with Gasteiger partial charge in [0.25, 0.3) is 5.91 Å². The molecule has 1 saturated carbocycles. The number of hydrogen-bond acceptors (Lipinski definition) is 6. The number of benzene rings is 1. The molecule has 154 valence electrons. The largest absolute Gasteiger partial charge is 0.454 e. The van der Waals surface area contributed by atoms with Gasteiger partial charge in [0.1, 0.15) is 6.04 Å². The maximum atomic E-state index is 12.4. The van der Waals surface area contributed by atoms with Crippen LogP contribution < -0.4 is 15.4 Å². The highest BCUT2D eigenvalue weighted by Crippen LogP contribution is 2.32. The molecule has 0 radical (unpaired) electrons. The first-order valence-corrected chi connectivity index (χ1v) is 10.4. The van der Waals surface area contributed by atoms with E-state index in [0.29, 0.717) is 11.6 Å². The molecule has 0 unspecified atom stereocenters. The van der Waals surface area contributed by atoms with Gasteiger partial charge in [-0.3, -0.25) is 14.4 Å². The fourth-order valence-corrected chi connectivity index (χ4v) is 3.73. The van der Waals surface area contributed by atoms with Crippen molar-refractivity contribution in [1.82, 2.24) is 10.0 Å². The van der Waals surface area contributed by atoms with Crippen molar-refractivity contribution in [2.45, 2.75) is 50.6 Å². The van der Waals surface area contributed by atoms with Crippen molar-refractivity contribution >= 4 is 33.5 Å². The van der Waals surface area contributed by atoms with Gasteiger partial charge in [0.15, 0.2) is 6.61 Å². The molecule has 10 heteroatoms. The van der Waals surface area contributed by atoms with Gasteiger partial charge >= 0.3 is 5.97 Å². The molecule has 1 aromatic carbocycles. The number of carbonyl (C=O) groups excluding carboxylic acids is 3. The Morgan fingerprint density at radius 3 is 2.29 bits per heavy atom. The Morgan fingerprint density at radius 1 is 1.14 bits per heavy atom. The summed E-state index contributed by atoms with van der Waals surface area (Å²) >= 11 is 0. The molecule has 1 aliphatic carbocycles. The molecule has 0 bridgehead atoms. The Balaban J connectivity index is 1.85. The minimum absolute atomic E-state index is 0.0302. The van der Waals surface area contributed by atoms with Crippen molar-refractivity contribution in [3.63, 3.8) is 0 Å². The fraction of sp³-hybridized carbons (Fsp3) is 0.500. The summed E-state index contributed by atoms with van der Waals surface area (Å²) in [6.07, 6.45) is 2.15. The molecule has 28 heavy (non-hydrogen) atoms. The van der Waals surface area contributed by atoms with Crippen molar-refractivity contribution < 1.29 is 27.5 Å². The summed E-state index contributed by atoms with van der Waals surface area (Å²) in [6.45, 7) is 4.10. The smallest absolute Gasteiger partial charge is 0.324 e. The molecule has 9 nitrogen and oxygen atoms in total. The van der Waals surface area contributed by atoms with Crippen LogP contribution in [0.4, 0.5) is 5.69 Å². The number of anilines is 1. The molecule has 3 N–H and O–H groups in total. The molecule has 1 aliphatic rings. The zero-order valence-corrected chi connectivity index (χ0v) is 16.8. The Kier molecular flexibility index (Phi) is 7.14. The number of amides is 2. The lowest BCUT2D eigenvalue weighted by molar-refractivity contribution is -0.150. The fourth-order valence-electron chi connectivity index (χ4n) is 2.54. The standard InChI is InChI=1S/C18H25N3O6S/c1-11(14-4-5-14)19-17(23)10-27-18(24)12(2)21-28(25,26)16-8-6-15(7-9-16)20-13(3)22/h6-9,11-12,14,21H,4-5,10H2,1-3H3,(H,19,23)(H,20,22)/t11-,12+/m1/s1. The SMILES string of the molecule is CC(=O)Nc1ccc(S(=O)(=O)N[C@@H](C)C(=O)OCC(=O)N[C@H](C)C2CC2)cc1. The molecule has 0 aliphatic heterocycles. The predicted molar refractivity (Wildman–Crippen MR) is 102 cm³/mol. The molecule has 2 rings (SSSR count). The van der Waals surface area contributed by atoms with E-state index in [4.69, 9.17) is 4.74 Å². The van der Waals surface area contributed by atoms with Crippen molar-refractivity contribution in [2.75, 3.05) is 11.9 Å². The number of carbonyl (C=O) groups is 3. The predicted octanol–water partition coefficient (Wildman–Crippen LogP) is 0.770. The molecule has 0 heterocycles. The average Bonchev–Trinajstić information content (AvgIpc) is 3.44. The minimum Gasteiger partial charge on any atom is -0.454 e. The van der Waals surface area contributed by atoms with Gasteiger partial charge in [0.05, 0.1) is 4.90 Å². The van der Waals surface area contributed by atoms with Crippen molar-refractivity contribution in [3.8, 4) is 0 Å². The second kappa shape index (κ2) is 9.16. The van der Waals surface area contributed by atoms with Gasteiger partial charge in [-0.25, -0.2) is 8.42 Å². The first-order chi connectivity index (χ1) is 13.1. The van der Waals surface area contributed by atoms with E-state index in [1.54, 1.807) is 0 Å². The molecule has 0 aromatic heterocycles. The van der Waals surface area contributed by atoms with E-state index >= 15 is 0 Å². The van der Waals surface area contributed by atoms with Crippen LogP contribution in [0.15, 0.2) is 29.2 Å². The average molecular weight is 411 g/mol. The van der Waals surface area contributed by atoms with Crippen LogP contribution in [0.1, 0.15) is 33.6 Å². The molecule has 0 spiro atoms. The number of sulfonamides is 1. The lowest BCUT2D eigenvalue weighted by Gasteiger charge is -2.15. The molecule has 1 aromatic rings. The van der Waals surface area contributed by atoms with Crippen LogP contribution >= 0.6 is 0 Å². The van der Waals surface area contributed by atoms with E-state index < -0.39 is 34.5 Å². The summed E-state index contributed by atoms with van der Waals surface area (Å²) in [7, 11) is -3.97. The van der Waals surface area contributed by atoms with Crippen LogP contribution in [0.5, 0.6) is 0 Å². The Labute approximate surface area is 164 Å². The first-order valence-electron chi connectivity index (χ1n) is 8.94. The molecule has 1 fully saturated rings. The third-order valence-corrected chi connectivity index (χ3v) is 5.79. The zero-order chi connectivity index (χ0) is 20.9. The normalized spacial score (nSPS) is 16.0. The monoisotopic (exact) mass is 411 g/mol. The van der Waals surface area contributed by atoms with Gasteiger partial charge < -0.3 is 15.4 Å². The highest BCUT2D eigenvalue weighted by molar-refractivity contribution is 7.89. The molecule has 0 saturated heterocycles. The van der Waals surface area contributed by atoms with Crippen LogP contribution in [0.3, 0.4) is 0 Å². The Hall–Kier alpha value is -2.46. The van der Waals surface area contributed by atoms with Crippen LogP contribution in [-0.4, -0.2) is 44.9 Å². The number of rotatable bonds is 9. The summed E-state index contributed by atoms with van der Waals surface area (Å²) in [4.78, 5) is 34.7. The quantitative estimate of drug-likeness (QED) is 0.515. The summed E-state index contributed by atoms with van der Waals surface area (Å²) in [5, 5.41) is 5.27. The van der Waals surface area contributed by atoms with Crippen molar-refractivity contribution in [2.24, 2.45) is 5.92 Å². The summed E-state index contributed by atoms with van der Waals surface area (Å²) in [6, 6.07) is 4.34. The minimum atomic E-state index is -3.97. The second-order valence-corrected chi connectivity index (χ2v) is 8.56. The second-order valence-electron chi connectivity index (χ2n) is 6.85.